The molecule has 0 saturated carbocycles. The minimum atomic E-state index is -0.157. The van der Waals surface area contributed by atoms with E-state index in [2.05, 4.69) is 31.1 Å². The van der Waals surface area contributed by atoms with Gasteiger partial charge in [0.15, 0.2) is 0 Å². The van der Waals surface area contributed by atoms with Gasteiger partial charge in [-0.25, -0.2) is 4.39 Å². The average molecular weight is 315 g/mol. The number of halogens is 2. The Bertz CT molecular complexity index is 402. The van der Waals surface area contributed by atoms with Gasteiger partial charge in [0.1, 0.15) is 5.82 Å². The molecule has 4 heteroatoms. The molecule has 2 rings (SSSR count). The average Bonchev–Trinajstić information content (AvgIpc) is 2.42. The summed E-state index contributed by atoms with van der Waals surface area (Å²) in [5.41, 5.74) is 1.22. The van der Waals surface area contributed by atoms with Crippen LogP contribution in [0.2, 0.25) is 0 Å². The van der Waals surface area contributed by atoms with Crippen LogP contribution in [0.3, 0.4) is 0 Å². The molecule has 1 aromatic carbocycles. The Morgan fingerprint density at radius 2 is 1.95 bits per heavy atom. The molecule has 2 unspecified atom stereocenters. The van der Waals surface area contributed by atoms with E-state index < -0.39 is 0 Å². The number of nitrogens with zero attached hydrogens (tertiary/aromatic N) is 1. The van der Waals surface area contributed by atoms with E-state index in [1.54, 1.807) is 12.1 Å². The second-order valence-electron chi connectivity index (χ2n) is 6.39. The van der Waals surface area contributed by atoms with Crippen molar-refractivity contribution in [1.82, 2.24) is 10.2 Å². The van der Waals surface area contributed by atoms with Crippen molar-refractivity contribution in [2.24, 2.45) is 11.8 Å². The second-order valence-corrected chi connectivity index (χ2v) is 6.39. The Morgan fingerprint density at radius 3 is 2.48 bits per heavy atom. The van der Waals surface area contributed by atoms with Gasteiger partial charge in [-0.3, -0.25) is 4.90 Å². The van der Waals surface area contributed by atoms with Gasteiger partial charge in [0.05, 0.1) is 0 Å². The van der Waals surface area contributed by atoms with E-state index in [1.807, 2.05) is 12.1 Å². The first-order valence-electron chi connectivity index (χ1n) is 7.74. The molecular weight excluding hydrogens is 287 g/mol. The quantitative estimate of drug-likeness (QED) is 0.887. The highest BCUT2D eigenvalue weighted by Crippen LogP contribution is 2.29. The van der Waals surface area contributed by atoms with Gasteiger partial charge in [-0.1, -0.05) is 26.0 Å². The summed E-state index contributed by atoms with van der Waals surface area (Å²) >= 11 is 0. The molecule has 1 fully saturated rings. The topological polar surface area (TPSA) is 15.3 Å². The summed E-state index contributed by atoms with van der Waals surface area (Å²) in [6.07, 6.45) is 2.59. The summed E-state index contributed by atoms with van der Waals surface area (Å²) in [6, 6.07) is 7.35. The third-order valence-corrected chi connectivity index (χ3v) is 4.26. The molecule has 21 heavy (non-hydrogen) atoms. The summed E-state index contributed by atoms with van der Waals surface area (Å²) < 4.78 is 13.1. The fourth-order valence-corrected chi connectivity index (χ4v) is 3.41. The van der Waals surface area contributed by atoms with Crippen LogP contribution in [0.25, 0.3) is 0 Å². The highest BCUT2D eigenvalue weighted by atomic mass is 35.5. The molecule has 1 aliphatic heterocycles. The van der Waals surface area contributed by atoms with E-state index in [9.17, 15) is 4.39 Å². The molecule has 2 nitrogen and oxygen atoms in total. The Balaban J connectivity index is 0.00000220. The van der Waals surface area contributed by atoms with Crippen molar-refractivity contribution in [2.75, 3.05) is 26.7 Å². The van der Waals surface area contributed by atoms with Crippen LogP contribution in [0.1, 0.15) is 38.3 Å². The maximum absolute atomic E-state index is 13.1. The van der Waals surface area contributed by atoms with Gasteiger partial charge in [-0.05, 0) is 62.5 Å². The van der Waals surface area contributed by atoms with Crippen LogP contribution < -0.4 is 5.32 Å². The van der Waals surface area contributed by atoms with Crippen molar-refractivity contribution in [3.63, 3.8) is 0 Å². The fraction of sp³-hybridized carbons (Fsp3) is 0.647. The summed E-state index contributed by atoms with van der Waals surface area (Å²) in [7, 11) is 2.20. The van der Waals surface area contributed by atoms with E-state index in [0.717, 1.165) is 25.6 Å². The standard InChI is InChI=1S/C17H27FN2.ClH/c1-13(2)17(15-6-8-16(18)9-7-15)20(3)12-14-5-4-10-19-11-14;/h6-9,13-14,17,19H,4-5,10-12H2,1-3H3;1H. The largest absolute Gasteiger partial charge is 0.316 e. The molecule has 120 valence electrons. The van der Waals surface area contributed by atoms with Gasteiger partial charge >= 0.3 is 0 Å². The smallest absolute Gasteiger partial charge is 0.123 e. The molecule has 0 amide bonds. The van der Waals surface area contributed by atoms with Gasteiger partial charge in [-0.2, -0.15) is 0 Å². The number of nitrogens with one attached hydrogen (secondary N) is 1. The zero-order valence-electron chi connectivity index (χ0n) is 13.3. The van der Waals surface area contributed by atoms with Gasteiger partial charge < -0.3 is 5.32 Å². The van der Waals surface area contributed by atoms with Crippen molar-refractivity contribution in [2.45, 2.75) is 32.7 Å². The van der Waals surface area contributed by atoms with Crippen LogP contribution in [0.5, 0.6) is 0 Å². The van der Waals surface area contributed by atoms with Crippen LogP contribution in [0.15, 0.2) is 24.3 Å². The first-order valence-corrected chi connectivity index (χ1v) is 7.74. The monoisotopic (exact) mass is 314 g/mol. The Morgan fingerprint density at radius 1 is 1.29 bits per heavy atom. The van der Waals surface area contributed by atoms with E-state index in [-0.39, 0.29) is 18.2 Å². The van der Waals surface area contributed by atoms with Crippen molar-refractivity contribution in [3.05, 3.63) is 35.6 Å². The molecule has 1 heterocycles. The lowest BCUT2D eigenvalue weighted by atomic mass is 9.92. The molecule has 1 N–H and O–H groups in total. The molecule has 1 aliphatic rings. The summed E-state index contributed by atoms with van der Waals surface area (Å²) in [6.45, 7) is 7.87. The fourth-order valence-electron chi connectivity index (χ4n) is 3.41. The maximum atomic E-state index is 13.1. The highest BCUT2D eigenvalue weighted by Gasteiger charge is 2.24. The van der Waals surface area contributed by atoms with Crippen LogP contribution >= 0.6 is 12.4 Å². The molecule has 0 aromatic heterocycles. The number of rotatable bonds is 5. The third-order valence-electron chi connectivity index (χ3n) is 4.26. The number of piperidine rings is 1. The predicted octanol–water partition coefficient (Wildman–Crippen LogP) is 3.88. The van der Waals surface area contributed by atoms with Crippen LogP contribution in [-0.4, -0.2) is 31.6 Å². The highest BCUT2D eigenvalue weighted by molar-refractivity contribution is 5.85. The van der Waals surface area contributed by atoms with E-state index >= 15 is 0 Å². The van der Waals surface area contributed by atoms with Crippen LogP contribution in [0.4, 0.5) is 4.39 Å². The molecule has 0 bridgehead atoms. The van der Waals surface area contributed by atoms with E-state index in [1.165, 1.54) is 18.4 Å². The number of hydrogen-bond acceptors (Lipinski definition) is 2. The van der Waals surface area contributed by atoms with Crippen LogP contribution in [-0.2, 0) is 0 Å². The second kappa shape index (κ2) is 8.72. The van der Waals surface area contributed by atoms with Gasteiger partial charge in [0, 0.05) is 12.6 Å². The number of benzene rings is 1. The first kappa shape index (κ1) is 18.4. The van der Waals surface area contributed by atoms with E-state index in [0.29, 0.717) is 12.0 Å². The van der Waals surface area contributed by atoms with Crippen molar-refractivity contribution in [3.8, 4) is 0 Å². The molecule has 0 aliphatic carbocycles. The lowest BCUT2D eigenvalue weighted by molar-refractivity contribution is 0.154. The Kier molecular flexibility index (Phi) is 7.64. The lowest BCUT2D eigenvalue weighted by Gasteiger charge is -2.35. The summed E-state index contributed by atoms with van der Waals surface area (Å²) in [4.78, 5) is 2.44. The normalized spacial score (nSPS) is 20.4. The summed E-state index contributed by atoms with van der Waals surface area (Å²) in [5, 5.41) is 3.48. The molecular formula is C17H28ClFN2. The molecule has 1 aromatic rings. The van der Waals surface area contributed by atoms with Gasteiger partial charge in [-0.15, -0.1) is 12.4 Å². The Hall–Kier alpha value is -0.640. The minimum absolute atomic E-state index is 0. The minimum Gasteiger partial charge on any atom is -0.316 e. The zero-order chi connectivity index (χ0) is 14.5. The maximum Gasteiger partial charge on any atom is 0.123 e. The first-order chi connectivity index (χ1) is 9.58. The molecule has 1 saturated heterocycles. The molecule has 0 spiro atoms. The Labute approximate surface area is 134 Å². The molecule has 0 radical (unpaired) electrons. The van der Waals surface area contributed by atoms with Gasteiger partial charge in [0.2, 0.25) is 0 Å². The van der Waals surface area contributed by atoms with Crippen molar-refractivity contribution >= 4 is 12.4 Å². The van der Waals surface area contributed by atoms with Crippen LogP contribution in [0, 0.1) is 17.7 Å². The number of hydrogen-bond donors (Lipinski definition) is 1. The predicted molar refractivity (Wildman–Crippen MR) is 89.5 cm³/mol. The van der Waals surface area contributed by atoms with Crippen molar-refractivity contribution in [1.29, 1.82) is 0 Å². The van der Waals surface area contributed by atoms with Crippen molar-refractivity contribution < 1.29 is 4.39 Å². The molecule has 2 atom stereocenters. The lowest BCUT2D eigenvalue weighted by Crippen LogP contribution is -2.39. The third kappa shape index (κ3) is 5.24. The summed E-state index contributed by atoms with van der Waals surface area (Å²) in [5.74, 6) is 1.09. The zero-order valence-corrected chi connectivity index (χ0v) is 14.1. The van der Waals surface area contributed by atoms with Gasteiger partial charge in [0.25, 0.3) is 0 Å². The van der Waals surface area contributed by atoms with E-state index in [4.69, 9.17) is 0 Å². The SMILES string of the molecule is CC(C)C(c1ccc(F)cc1)N(C)CC1CCCNC1.Cl.